The summed E-state index contributed by atoms with van der Waals surface area (Å²) < 4.78 is 27.6. The van der Waals surface area contributed by atoms with Crippen LogP contribution in [-0.2, 0) is 21.2 Å². The van der Waals surface area contributed by atoms with Crippen LogP contribution in [0.2, 0.25) is 0 Å². The lowest BCUT2D eigenvalue weighted by atomic mass is 10.1. The molecule has 0 aromatic heterocycles. The Morgan fingerprint density at radius 1 is 1.13 bits per heavy atom. The quantitative estimate of drug-likeness (QED) is 0.843. The van der Waals surface area contributed by atoms with E-state index in [1.54, 1.807) is 19.1 Å². The van der Waals surface area contributed by atoms with E-state index in [9.17, 15) is 13.2 Å². The average molecular weight is 332 g/mol. The van der Waals surface area contributed by atoms with Crippen molar-refractivity contribution in [3.8, 4) is 0 Å². The summed E-state index contributed by atoms with van der Waals surface area (Å²) in [4.78, 5) is 11.8. The van der Waals surface area contributed by atoms with Crippen molar-refractivity contribution in [2.75, 3.05) is 0 Å². The van der Waals surface area contributed by atoms with E-state index in [4.69, 9.17) is 5.73 Å². The van der Waals surface area contributed by atoms with Crippen LogP contribution in [0.1, 0.15) is 16.7 Å². The molecule has 0 radical (unpaired) electrons. The third kappa shape index (κ3) is 4.40. The van der Waals surface area contributed by atoms with Crippen LogP contribution in [0.25, 0.3) is 0 Å². The first-order chi connectivity index (χ1) is 10.8. The SMILES string of the molecule is Cc1ccc(C)c(S(=O)(=O)NC(Cc2ccccc2)C(N)=O)c1. The molecule has 0 spiro atoms. The van der Waals surface area contributed by atoms with Crippen molar-refractivity contribution in [2.24, 2.45) is 5.73 Å². The third-order valence-electron chi connectivity index (χ3n) is 3.56. The second-order valence-electron chi connectivity index (χ2n) is 5.53. The maximum atomic E-state index is 12.6. The zero-order chi connectivity index (χ0) is 17.0. The number of primary amides is 1. The highest BCUT2D eigenvalue weighted by molar-refractivity contribution is 7.89. The van der Waals surface area contributed by atoms with Crippen molar-refractivity contribution >= 4 is 15.9 Å². The molecule has 1 atom stereocenters. The predicted molar refractivity (Wildman–Crippen MR) is 89.4 cm³/mol. The number of aryl methyl sites for hydroxylation is 2. The molecule has 5 nitrogen and oxygen atoms in total. The highest BCUT2D eigenvalue weighted by Crippen LogP contribution is 2.17. The normalized spacial score (nSPS) is 12.8. The third-order valence-corrected chi connectivity index (χ3v) is 5.17. The van der Waals surface area contributed by atoms with Crippen molar-refractivity contribution in [3.63, 3.8) is 0 Å². The highest BCUT2D eigenvalue weighted by atomic mass is 32.2. The molecular weight excluding hydrogens is 312 g/mol. The predicted octanol–water partition coefficient (Wildman–Crippen LogP) is 1.68. The molecule has 2 aromatic carbocycles. The summed E-state index contributed by atoms with van der Waals surface area (Å²) in [5, 5.41) is 0. The van der Waals surface area contributed by atoms with Gasteiger partial charge in [0.15, 0.2) is 0 Å². The van der Waals surface area contributed by atoms with Gasteiger partial charge >= 0.3 is 0 Å². The number of benzene rings is 2. The van der Waals surface area contributed by atoms with E-state index < -0.39 is 22.0 Å². The van der Waals surface area contributed by atoms with Crippen molar-refractivity contribution in [1.29, 1.82) is 0 Å². The summed E-state index contributed by atoms with van der Waals surface area (Å²) in [5.74, 6) is -0.706. The molecule has 0 aliphatic carbocycles. The Balaban J connectivity index is 2.28. The van der Waals surface area contributed by atoms with Gasteiger partial charge < -0.3 is 5.73 Å². The van der Waals surface area contributed by atoms with Gasteiger partial charge in [0, 0.05) is 0 Å². The fourth-order valence-corrected chi connectivity index (χ4v) is 3.83. The minimum Gasteiger partial charge on any atom is -0.368 e. The van der Waals surface area contributed by atoms with Gasteiger partial charge in [0.1, 0.15) is 6.04 Å². The van der Waals surface area contributed by atoms with Crippen LogP contribution in [0, 0.1) is 13.8 Å². The van der Waals surface area contributed by atoms with Gasteiger partial charge in [-0.15, -0.1) is 0 Å². The van der Waals surface area contributed by atoms with Crippen molar-refractivity contribution in [2.45, 2.75) is 31.2 Å². The molecule has 3 N–H and O–H groups in total. The lowest BCUT2D eigenvalue weighted by Gasteiger charge is -2.17. The summed E-state index contributed by atoms with van der Waals surface area (Å²) in [6, 6.07) is 13.3. The molecule has 1 unspecified atom stereocenters. The van der Waals surface area contributed by atoms with E-state index in [1.807, 2.05) is 43.3 Å². The van der Waals surface area contributed by atoms with Gasteiger partial charge in [0.05, 0.1) is 4.90 Å². The van der Waals surface area contributed by atoms with Crippen LogP contribution in [0.3, 0.4) is 0 Å². The largest absolute Gasteiger partial charge is 0.368 e. The Labute approximate surface area is 136 Å². The maximum Gasteiger partial charge on any atom is 0.241 e. The smallest absolute Gasteiger partial charge is 0.241 e. The van der Waals surface area contributed by atoms with Crippen LogP contribution < -0.4 is 10.5 Å². The topological polar surface area (TPSA) is 89.3 Å². The molecule has 0 fully saturated rings. The lowest BCUT2D eigenvalue weighted by molar-refractivity contribution is -0.119. The van der Waals surface area contributed by atoms with E-state index in [0.29, 0.717) is 5.56 Å². The first-order valence-electron chi connectivity index (χ1n) is 7.22. The van der Waals surface area contributed by atoms with Crippen LogP contribution in [-0.4, -0.2) is 20.4 Å². The number of rotatable bonds is 6. The summed E-state index contributed by atoms with van der Waals surface area (Å²) in [6.45, 7) is 3.53. The number of sulfonamides is 1. The van der Waals surface area contributed by atoms with Gasteiger partial charge in [0.2, 0.25) is 15.9 Å². The number of nitrogens with one attached hydrogen (secondary N) is 1. The minimum atomic E-state index is -3.83. The van der Waals surface area contributed by atoms with Gasteiger partial charge in [-0.1, -0.05) is 42.5 Å². The highest BCUT2D eigenvalue weighted by Gasteiger charge is 2.25. The van der Waals surface area contributed by atoms with E-state index in [2.05, 4.69) is 4.72 Å². The molecular formula is C17H20N2O3S. The van der Waals surface area contributed by atoms with Crippen LogP contribution in [0.15, 0.2) is 53.4 Å². The fraction of sp³-hybridized carbons (Fsp3) is 0.235. The van der Waals surface area contributed by atoms with E-state index in [0.717, 1.165) is 11.1 Å². The molecule has 0 saturated carbocycles. The summed E-state index contributed by atoms with van der Waals surface area (Å²) >= 11 is 0. The zero-order valence-electron chi connectivity index (χ0n) is 13.1. The Morgan fingerprint density at radius 3 is 2.39 bits per heavy atom. The molecule has 0 heterocycles. The second kappa shape index (κ2) is 6.93. The molecule has 6 heteroatoms. The van der Waals surface area contributed by atoms with Crippen LogP contribution in [0.4, 0.5) is 0 Å². The van der Waals surface area contributed by atoms with Crippen LogP contribution in [0.5, 0.6) is 0 Å². The first kappa shape index (κ1) is 17.2. The molecule has 23 heavy (non-hydrogen) atoms. The van der Waals surface area contributed by atoms with Crippen LogP contribution >= 0.6 is 0 Å². The van der Waals surface area contributed by atoms with E-state index >= 15 is 0 Å². The van der Waals surface area contributed by atoms with Gasteiger partial charge in [-0.2, -0.15) is 4.72 Å². The minimum absolute atomic E-state index is 0.164. The van der Waals surface area contributed by atoms with Crippen molar-refractivity contribution in [1.82, 2.24) is 4.72 Å². The Morgan fingerprint density at radius 2 is 1.78 bits per heavy atom. The summed E-state index contributed by atoms with van der Waals surface area (Å²) in [6.07, 6.45) is 0.209. The molecule has 0 aliphatic rings. The second-order valence-corrected chi connectivity index (χ2v) is 7.22. The zero-order valence-corrected chi connectivity index (χ0v) is 13.9. The number of carbonyl (C=O) groups is 1. The van der Waals surface area contributed by atoms with Gasteiger partial charge in [-0.3, -0.25) is 4.79 Å². The molecule has 122 valence electrons. The molecule has 2 aromatic rings. The molecule has 0 bridgehead atoms. The number of carbonyl (C=O) groups excluding carboxylic acids is 1. The van der Waals surface area contributed by atoms with Gasteiger partial charge in [-0.05, 0) is 43.0 Å². The maximum absolute atomic E-state index is 12.6. The average Bonchev–Trinajstić information content (AvgIpc) is 2.49. The molecule has 0 aliphatic heterocycles. The monoisotopic (exact) mass is 332 g/mol. The molecule has 2 rings (SSSR count). The van der Waals surface area contributed by atoms with E-state index in [1.165, 1.54) is 0 Å². The number of amides is 1. The Kier molecular flexibility index (Phi) is 5.18. The summed E-state index contributed by atoms with van der Waals surface area (Å²) in [7, 11) is -3.83. The summed E-state index contributed by atoms with van der Waals surface area (Å²) in [5.41, 5.74) is 7.65. The fourth-order valence-electron chi connectivity index (χ4n) is 2.30. The lowest BCUT2D eigenvalue weighted by Crippen LogP contribution is -2.45. The van der Waals surface area contributed by atoms with E-state index in [-0.39, 0.29) is 11.3 Å². The molecule has 1 amide bonds. The van der Waals surface area contributed by atoms with Crippen molar-refractivity contribution < 1.29 is 13.2 Å². The Hall–Kier alpha value is -2.18. The van der Waals surface area contributed by atoms with Gasteiger partial charge in [-0.25, -0.2) is 8.42 Å². The number of hydrogen-bond acceptors (Lipinski definition) is 3. The standard InChI is InChI=1S/C17H20N2O3S/c1-12-8-9-13(2)16(10-12)23(21,22)19-15(17(18)20)11-14-6-4-3-5-7-14/h3-10,15,19H,11H2,1-2H3,(H2,18,20). The first-order valence-corrected chi connectivity index (χ1v) is 8.71. The Bertz CT molecular complexity index is 802. The molecule has 0 saturated heterocycles. The van der Waals surface area contributed by atoms with Gasteiger partial charge in [0.25, 0.3) is 0 Å². The number of nitrogens with two attached hydrogens (primary N) is 1. The van der Waals surface area contributed by atoms with Crippen molar-refractivity contribution in [3.05, 3.63) is 65.2 Å². The number of hydrogen-bond donors (Lipinski definition) is 2.